The van der Waals surface area contributed by atoms with Crippen LogP contribution in [-0.2, 0) is 0 Å². The van der Waals surface area contributed by atoms with Gasteiger partial charge in [0, 0.05) is 22.3 Å². The average Bonchev–Trinajstić information content (AvgIpc) is 2.94. The van der Waals surface area contributed by atoms with E-state index in [1.54, 1.807) is 0 Å². The highest BCUT2D eigenvalue weighted by atomic mass is 14.8. The minimum Gasteiger partial charge on any atom is -0.247 e. The summed E-state index contributed by atoms with van der Waals surface area (Å²) in [5.41, 5.74) is 7.93. The molecule has 1 aliphatic heterocycles. The first-order valence-corrected chi connectivity index (χ1v) is 12.2. The molecule has 168 valence electrons. The molecular weight excluding hydrogens is 436 g/mol. The molecule has 2 heteroatoms. The van der Waals surface area contributed by atoms with Crippen LogP contribution in [0.1, 0.15) is 22.3 Å². The smallest absolute Gasteiger partial charge is 0.0803 e. The Hall–Kier alpha value is -4.82. The van der Waals surface area contributed by atoms with E-state index < -0.39 is 0 Å². The van der Waals surface area contributed by atoms with E-state index in [1.807, 2.05) is 12.1 Å². The van der Waals surface area contributed by atoms with Crippen LogP contribution in [-0.4, -0.2) is 11.4 Å². The number of rotatable bonds is 2. The van der Waals surface area contributed by atoms with Gasteiger partial charge in [0.25, 0.3) is 0 Å². The lowest BCUT2D eigenvalue weighted by Crippen LogP contribution is -2.10. The molecule has 0 aliphatic carbocycles. The third-order valence-corrected chi connectivity index (χ3v) is 6.83. The van der Waals surface area contributed by atoms with Gasteiger partial charge in [0.05, 0.1) is 22.8 Å². The van der Waals surface area contributed by atoms with E-state index in [1.165, 1.54) is 21.5 Å². The topological polar surface area (TPSA) is 24.7 Å². The fourth-order valence-electron chi connectivity index (χ4n) is 5.02. The number of benzene rings is 6. The lowest BCUT2D eigenvalue weighted by Gasteiger charge is -2.18. The van der Waals surface area contributed by atoms with Crippen LogP contribution in [0.3, 0.4) is 0 Å². The van der Waals surface area contributed by atoms with Crippen LogP contribution < -0.4 is 0 Å². The second kappa shape index (κ2) is 8.44. The molecule has 0 saturated heterocycles. The molecular formula is C34H22N2. The predicted molar refractivity (Wildman–Crippen MR) is 151 cm³/mol. The molecule has 36 heavy (non-hydrogen) atoms. The zero-order chi connectivity index (χ0) is 23.9. The van der Waals surface area contributed by atoms with E-state index in [-0.39, 0.29) is 0 Å². The van der Waals surface area contributed by atoms with Gasteiger partial charge in [-0.25, -0.2) is 9.98 Å². The van der Waals surface area contributed by atoms with Gasteiger partial charge in [-0.3, -0.25) is 0 Å². The van der Waals surface area contributed by atoms with Gasteiger partial charge in [-0.1, -0.05) is 109 Å². The van der Waals surface area contributed by atoms with Crippen molar-refractivity contribution in [1.82, 2.24) is 0 Å². The molecule has 0 spiro atoms. The summed E-state index contributed by atoms with van der Waals surface area (Å²) in [7, 11) is 0. The Balaban J connectivity index is 1.48. The number of nitrogens with zero attached hydrogens (tertiary/aromatic N) is 2. The van der Waals surface area contributed by atoms with Crippen LogP contribution in [0.2, 0.25) is 0 Å². The number of aliphatic imine (C=N–C) groups is 2. The molecule has 0 radical (unpaired) electrons. The lowest BCUT2D eigenvalue weighted by atomic mass is 9.94. The Bertz CT molecular complexity index is 1710. The summed E-state index contributed by atoms with van der Waals surface area (Å²) in [6, 6.07) is 46.6. The standard InChI is InChI=1S/C34H22N2/c1-3-11-25-21-27(19-17-23(25)9-1)33-29-13-5-7-15-31(29)36-34(30-14-6-8-16-32(30)35-33)28-20-18-24-10-2-4-12-26(24)22-28/h1-22H. The van der Waals surface area contributed by atoms with E-state index >= 15 is 0 Å². The molecule has 0 aromatic heterocycles. The first kappa shape index (κ1) is 20.5. The molecule has 6 aromatic rings. The second-order valence-electron chi connectivity index (χ2n) is 9.08. The molecule has 1 aliphatic rings. The van der Waals surface area contributed by atoms with Crippen LogP contribution in [0.15, 0.2) is 143 Å². The Morgan fingerprint density at radius 3 is 1.19 bits per heavy atom. The Morgan fingerprint density at radius 2 is 0.722 bits per heavy atom. The molecule has 0 bridgehead atoms. The maximum atomic E-state index is 5.29. The highest BCUT2D eigenvalue weighted by molar-refractivity contribution is 6.23. The van der Waals surface area contributed by atoms with Crippen molar-refractivity contribution >= 4 is 44.3 Å². The summed E-state index contributed by atoms with van der Waals surface area (Å²) >= 11 is 0. The van der Waals surface area contributed by atoms with Crippen molar-refractivity contribution in [3.8, 4) is 0 Å². The molecule has 6 aromatic carbocycles. The Morgan fingerprint density at radius 1 is 0.333 bits per heavy atom. The van der Waals surface area contributed by atoms with Crippen molar-refractivity contribution in [3.63, 3.8) is 0 Å². The van der Waals surface area contributed by atoms with Gasteiger partial charge >= 0.3 is 0 Å². The largest absolute Gasteiger partial charge is 0.247 e. The maximum Gasteiger partial charge on any atom is 0.0803 e. The molecule has 0 N–H and O–H groups in total. The Labute approximate surface area is 209 Å². The van der Waals surface area contributed by atoms with Crippen molar-refractivity contribution in [2.45, 2.75) is 0 Å². The molecule has 1 heterocycles. The van der Waals surface area contributed by atoms with Gasteiger partial charge in [-0.2, -0.15) is 0 Å². The van der Waals surface area contributed by atoms with Crippen LogP contribution in [0.4, 0.5) is 11.4 Å². The number of hydrogen-bond donors (Lipinski definition) is 0. The van der Waals surface area contributed by atoms with Crippen LogP contribution in [0.5, 0.6) is 0 Å². The highest BCUT2D eigenvalue weighted by Crippen LogP contribution is 2.34. The molecule has 0 amide bonds. The van der Waals surface area contributed by atoms with E-state index in [9.17, 15) is 0 Å². The summed E-state index contributed by atoms with van der Waals surface area (Å²) in [6.45, 7) is 0. The third kappa shape index (κ3) is 3.52. The third-order valence-electron chi connectivity index (χ3n) is 6.83. The average molecular weight is 459 g/mol. The van der Waals surface area contributed by atoms with Gasteiger partial charge in [0.1, 0.15) is 0 Å². The van der Waals surface area contributed by atoms with E-state index in [2.05, 4.69) is 121 Å². The normalized spacial score (nSPS) is 12.8. The van der Waals surface area contributed by atoms with Gasteiger partial charge < -0.3 is 0 Å². The molecule has 0 fully saturated rings. The summed E-state index contributed by atoms with van der Waals surface area (Å²) in [6.07, 6.45) is 0. The summed E-state index contributed by atoms with van der Waals surface area (Å²) < 4.78 is 0. The molecule has 0 unspecified atom stereocenters. The van der Waals surface area contributed by atoms with E-state index in [0.717, 1.165) is 45.1 Å². The zero-order valence-electron chi connectivity index (χ0n) is 19.6. The maximum absolute atomic E-state index is 5.29. The first-order valence-electron chi connectivity index (χ1n) is 12.2. The van der Waals surface area contributed by atoms with Gasteiger partial charge in [0.15, 0.2) is 0 Å². The van der Waals surface area contributed by atoms with Gasteiger partial charge in [0.2, 0.25) is 0 Å². The number of fused-ring (bicyclic) bond motifs is 4. The Kier molecular flexibility index (Phi) is 4.82. The number of hydrogen-bond acceptors (Lipinski definition) is 2. The first-order chi connectivity index (χ1) is 17.8. The summed E-state index contributed by atoms with van der Waals surface area (Å²) in [4.78, 5) is 10.6. The van der Waals surface area contributed by atoms with Crippen LogP contribution in [0.25, 0.3) is 21.5 Å². The molecule has 7 rings (SSSR count). The van der Waals surface area contributed by atoms with Gasteiger partial charge in [-0.15, -0.1) is 0 Å². The van der Waals surface area contributed by atoms with Crippen molar-refractivity contribution < 1.29 is 0 Å². The van der Waals surface area contributed by atoms with Crippen LogP contribution >= 0.6 is 0 Å². The number of para-hydroxylation sites is 2. The minimum atomic E-state index is 0.919. The molecule has 0 saturated carbocycles. The zero-order valence-corrected chi connectivity index (χ0v) is 19.6. The molecule has 2 nitrogen and oxygen atoms in total. The summed E-state index contributed by atoms with van der Waals surface area (Å²) in [5.74, 6) is 0. The SMILES string of the molecule is c1ccc2c(c1)N=C(c1ccc3ccccc3c1)c1ccccc1N=C2c1ccc2ccccc2c1. The van der Waals surface area contributed by atoms with Crippen LogP contribution in [0, 0.1) is 0 Å². The van der Waals surface area contributed by atoms with Crippen molar-refractivity contribution in [3.05, 3.63) is 156 Å². The van der Waals surface area contributed by atoms with E-state index in [0.29, 0.717) is 0 Å². The predicted octanol–water partition coefficient (Wildman–Crippen LogP) is 8.64. The minimum absolute atomic E-state index is 0.919. The summed E-state index contributed by atoms with van der Waals surface area (Å²) in [5, 5.41) is 4.84. The molecule has 0 atom stereocenters. The van der Waals surface area contributed by atoms with Crippen molar-refractivity contribution in [2.24, 2.45) is 9.98 Å². The van der Waals surface area contributed by atoms with Gasteiger partial charge in [-0.05, 0) is 45.8 Å². The van der Waals surface area contributed by atoms with Crippen molar-refractivity contribution in [1.29, 1.82) is 0 Å². The quantitative estimate of drug-likeness (QED) is 0.248. The fourth-order valence-corrected chi connectivity index (χ4v) is 5.02. The van der Waals surface area contributed by atoms with E-state index in [4.69, 9.17) is 9.98 Å². The lowest BCUT2D eigenvalue weighted by molar-refractivity contribution is 1.39. The second-order valence-corrected chi connectivity index (χ2v) is 9.08. The monoisotopic (exact) mass is 458 g/mol. The fraction of sp³-hybridized carbons (Fsp3) is 0. The highest BCUT2D eigenvalue weighted by Gasteiger charge is 2.20. The van der Waals surface area contributed by atoms with Crippen molar-refractivity contribution in [2.75, 3.05) is 0 Å².